The Labute approximate surface area is 127 Å². The zero-order chi connectivity index (χ0) is 16.7. The first-order chi connectivity index (χ1) is 10.2. The van der Waals surface area contributed by atoms with Crippen LogP contribution in [-0.2, 0) is 19.6 Å². The predicted octanol–water partition coefficient (Wildman–Crippen LogP) is 1.96. The second-order valence-corrected chi connectivity index (χ2v) is 5.97. The van der Waals surface area contributed by atoms with Gasteiger partial charge in [-0.25, -0.2) is 4.79 Å². The maximum absolute atomic E-state index is 12.5. The molecule has 22 heavy (non-hydrogen) atoms. The number of aromatic nitrogens is 2. The van der Waals surface area contributed by atoms with Crippen LogP contribution in [0.5, 0.6) is 0 Å². The molecule has 0 bridgehead atoms. The van der Waals surface area contributed by atoms with Gasteiger partial charge in [0.1, 0.15) is 4.83 Å². The van der Waals surface area contributed by atoms with Gasteiger partial charge in [-0.1, -0.05) is 0 Å². The first kappa shape index (κ1) is 16.8. The van der Waals surface area contributed by atoms with Crippen LogP contribution in [-0.4, -0.2) is 15.3 Å². The van der Waals surface area contributed by atoms with Crippen LogP contribution in [0.2, 0.25) is 0 Å². The SMILES string of the molecule is CCn1c(=O)c2c(C)c(CN)sc2n(CCC(F)(F)F)c1=O. The summed E-state index contributed by atoms with van der Waals surface area (Å²) in [6, 6.07) is 0. The zero-order valence-electron chi connectivity index (χ0n) is 12.2. The van der Waals surface area contributed by atoms with Crippen LogP contribution in [0, 0.1) is 6.92 Å². The summed E-state index contributed by atoms with van der Waals surface area (Å²) < 4.78 is 39.4. The topological polar surface area (TPSA) is 70.0 Å². The molecule has 2 aromatic rings. The monoisotopic (exact) mass is 335 g/mol. The zero-order valence-corrected chi connectivity index (χ0v) is 13.0. The molecule has 122 valence electrons. The van der Waals surface area contributed by atoms with E-state index in [1.54, 1.807) is 13.8 Å². The minimum atomic E-state index is -4.37. The molecular weight excluding hydrogens is 319 g/mol. The van der Waals surface area contributed by atoms with Gasteiger partial charge < -0.3 is 5.73 Å². The Bertz CT molecular complexity index is 817. The van der Waals surface area contributed by atoms with E-state index in [4.69, 9.17) is 5.73 Å². The molecule has 0 unspecified atom stereocenters. The second kappa shape index (κ2) is 5.88. The predicted molar refractivity (Wildman–Crippen MR) is 79.3 cm³/mol. The quantitative estimate of drug-likeness (QED) is 0.929. The number of halogens is 3. The summed E-state index contributed by atoms with van der Waals surface area (Å²) in [4.78, 5) is 25.6. The molecule has 0 atom stereocenters. The first-order valence-corrected chi connectivity index (χ1v) is 7.55. The van der Waals surface area contributed by atoms with Gasteiger partial charge in [0.25, 0.3) is 5.56 Å². The van der Waals surface area contributed by atoms with Gasteiger partial charge in [-0.05, 0) is 19.4 Å². The van der Waals surface area contributed by atoms with Gasteiger partial charge in [0, 0.05) is 24.5 Å². The summed E-state index contributed by atoms with van der Waals surface area (Å²) >= 11 is 1.11. The fraction of sp³-hybridized carbons (Fsp3) is 0.538. The van der Waals surface area contributed by atoms with Crippen LogP contribution in [0.4, 0.5) is 13.2 Å². The van der Waals surface area contributed by atoms with Crippen LogP contribution >= 0.6 is 11.3 Å². The van der Waals surface area contributed by atoms with Crippen molar-refractivity contribution in [3.63, 3.8) is 0 Å². The lowest BCUT2D eigenvalue weighted by atomic mass is 10.2. The molecule has 0 aromatic carbocycles. The van der Waals surface area contributed by atoms with Gasteiger partial charge in [0.15, 0.2) is 0 Å². The number of nitrogens with two attached hydrogens (primary N) is 1. The van der Waals surface area contributed by atoms with Crippen molar-refractivity contribution >= 4 is 21.6 Å². The lowest BCUT2D eigenvalue weighted by Gasteiger charge is -2.12. The Morgan fingerprint density at radius 1 is 1.23 bits per heavy atom. The molecule has 0 saturated heterocycles. The molecule has 0 aliphatic heterocycles. The van der Waals surface area contributed by atoms with Crippen molar-refractivity contribution in [2.45, 2.75) is 46.1 Å². The number of alkyl halides is 3. The van der Waals surface area contributed by atoms with Gasteiger partial charge in [-0.2, -0.15) is 13.2 Å². The van der Waals surface area contributed by atoms with Crippen molar-refractivity contribution in [2.24, 2.45) is 5.73 Å². The summed E-state index contributed by atoms with van der Waals surface area (Å²) in [6.45, 7) is 3.06. The number of nitrogens with zero attached hydrogens (tertiary/aromatic N) is 2. The van der Waals surface area contributed by atoms with E-state index in [0.29, 0.717) is 10.4 Å². The smallest absolute Gasteiger partial charge is 0.326 e. The molecule has 0 spiro atoms. The van der Waals surface area contributed by atoms with E-state index in [2.05, 4.69) is 0 Å². The second-order valence-electron chi connectivity index (χ2n) is 4.88. The summed E-state index contributed by atoms with van der Waals surface area (Å²) in [5.41, 5.74) is 5.05. The third-order valence-corrected chi connectivity index (χ3v) is 4.85. The number of hydrogen-bond acceptors (Lipinski definition) is 4. The molecular formula is C13H16F3N3O2S. The number of fused-ring (bicyclic) bond motifs is 1. The van der Waals surface area contributed by atoms with E-state index >= 15 is 0 Å². The van der Waals surface area contributed by atoms with E-state index < -0.39 is 30.4 Å². The lowest BCUT2D eigenvalue weighted by Crippen LogP contribution is -2.39. The lowest BCUT2D eigenvalue weighted by molar-refractivity contribution is -0.136. The van der Waals surface area contributed by atoms with Crippen LogP contribution in [0.1, 0.15) is 23.8 Å². The normalized spacial score (nSPS) is 12.3. The van der Waals surface area contributed by atoms with Gasteiger partial charge in [-0.3, -0.25) is 13.9 Å². The average Bonchev–Trinajstić information content (AvgIpc) is 2.75. The van der Waals surface area contributed by atoms with Crippen molar-refractivity contribution in [1.29, 1.82) is 0 Å². The Kier molecular flexibility index (Phi) is 4.48. The summed E-state index contributed by atoms with van der Waals surface area (Å²) in [7, 11) is 0. The number of thiophene rings is 1. The molecule has 0 aliphatic rings. The van der Waals surface area contributed by atoms with Gasteiger partial charge in [-0.15, -0.1) is 11.3 Å². The summed E-state index contributed by atoms with van der Waals surface area (Å²) in [5.74, 6) is 0. The molecule has 0 saturated carbocycles. The minimum absolute atomic E-state index is 0.104. The summed E-state index contributed by atoms with van der Waals surface area (Å²) in [5, 5.41) is 0.286. The molecule has 0 radical (unpaired) electrons. The van der Waals surface area contributed by atoms with E-state index in [1.165, 1.54) is 0 Å². The molecule has 2 heterocycles. The average molecular weight is 335 g/mol. The summed E-state index contributed by atoms with van der Waals surface area (Å²) in [6.07, 6.45) is -5.50. The van der Waals surface area contributed by atoms with Crippen LogP contribution < -0.4 is 17.0 Å². The molecule has 2 aromatic heterocycles. The van der Waals surface area contributed by atoms with Crippen LogP contribution in [0.3, 0.4) is 0 Å². The van der Waals surface area contributed by atoms with Gasteiger partial charge in [0.2, 0.25) is 0 Å². The van der Waals surface area contributed by atoms with Crippen molar-refractivity contribution in [2.75, 3.05) is 0 Å². The maximum atomic E-state index is 12.5. The van der Waals surface area contributed by atoms with E-state index in [0.717, 1.165) is 20.5 Å². The van der Waals surface area contributed by atoms with Crippen molar-refractivity contribution in [3.8, 4) is 0 Å². The van der Waals surface area contributed by atoms with Crippen LogP contribution in [0.15, 0.2) is 9.59 Å². The molecule has 0 fully saturated rings. The van der Waals surface area contributed by atoms with Gasteiger partial charge in [0.05, 0.1) is 11.8 Å². The highest BCUT2D eigenvalue weighted by molar-refractivity contribution is 7.18. The van der Waals surface area contributed by atoms with Gasteiger partial charge >= 0.3 is 11.9 Å². The number of aryl methyl sites for hydroxylation is 2. The van der Waals surface area contributed by atoms with Crippen molar-refractivity contribution in [1.82, 2.24) is 9.13 Å². The maximum Gasteiger partial charge on any atom is 0.390 e. The molecule has 2 rings (SSSR count). The van der Waals surface area contributed by atoms with Crippen molar-refractivity contribution < 1.29 is 13.2 Å². The highest BCUT2D eigenvalue weighted by Gasteiger charge is 2.28. The van der Waals surface area contributed by atoms with E-state index in [9.17, 15) is 22.8 Å². The molecule has 5 nitrogen and oxygen atoms in total. The third-order valence-electron chi connectivity index (χ3n) is 3.51. The van der Waals surface area contributed by atoms with E-state index in [-0.39, 0.29) is 23.3 Å². The fourth-order valence-corrected chi connectivity index (χ4v) is 3.54. The molecule has 0 aliphatic carbocycles. The minimum Gasteiger partial charge on any atom is -0.326 e. The molecule has 2 N–H and O–H groups in total. The highest BCUT2D eigenvalue weighted by atomic mass is 32.1. The third kappa shape index (κ3) is 2.82. The first-order valence-electron chi connectivity index (χ1n) is 6.73. The molecule has 0 amide bonds. The molecule has 9 heteroatoms. The standard InChI is InChI=1S/C13H16F3N3O2S/c1-3-18-10(20)9-7(2)8(6-17)22-11(9)19(12(18)21)5-4-13(14,15)16/h3-6,17H2,1-2H3. The Hall–Kier alpha value is -1.61. The fourth-order valence-electron chi connectivity index (χ4n) is 2.35. The van der Waals surface area contributed by atoms with E-state index in [1.807, 2.05) is 0 Å². The highest BCUT2D eigenvalue weighted by Crippen LogP contribution is 2.28. The number of rotatable bonds is 4. The van der Waals surface area contributed by atoms with Crippen LogP contribution in [0.25, 0.3) is 10.2 Å². The largest absolute Gasteiger partial charge is 0.390 e. The Balaban J connectivity index is 2.78. The Morgan fingerprint density at radius 2 is 1.86 bits per heavy atom. The Morgan fingerprint density at radius 3 is 2.36 bits per heavy atom. The van der Waals surface area contributed by atoms with Crippen molar-refractivity contribution in [3.05, 3.63) is 31.3 Å². The number of hydrogen-bond donors (Lipinski definition) is 1.